The first-order valence-electron chi connectivity index (χ1n) is 5.87. The van der Waals surface area contributed by atoms with Gasteiger partial charge in [0.25, 0.3) is 0 Å². The van der Waals surface area contributed by atoms with Crippen LogP contribution in [0.1, 0.15) is 17.2 Å². The molecule has 106 valence electrons. The Balaban J connectivity index is 2.34. The Labute approximate surface area is 150 Å². The van der Waals surface area contributed by atoms with Crippen LogP contribution in [0.3, 0.4) is 0 Å². The standard InChI is InChI=1S/C14H12BrCl2IN2/c15-11-5-4-9(18)7-10(11)13(20-19)6-8-2-1-3-12(16)14(8)17/h1-5,7,13,20H,6,19H2. The van der Waals surface area contributed by atoms with Crippen LogP contribution in [0.15, 0.2) is 40.9 Å². The summed E-state index contributed by atoms with van der Waals surface area (Å²) in [6, 6.07) is 11.7. The lowest BCUT2D eigenvalue weighted by atomic mass is 9.99. The normalized spacial score (nSPS) is 12.4. The van der Waals surface area contributed by atoms with E-state index in [1.165, 1.54) is 0 Å². The van der Waals surface area contributed by atoms with Crippen molar-refractivity contribution in [1.29, 1.82) is 0 Å². The Kier molecular flexibility index (Phi) is 6.13. The van der Waals surface area contributed by atoms with E-state index < -0.39 is 0 Å². The lowest BCUT2D eigenvalue weighted by Gasteiger charge is -2.19. The van der Waals surface area contributed by atoms with E-state index in [-0.39, 0.29) is 6.04 Å². The predicted molar refractivity (Wildman–Crippen MR) is 97.1 cm³/mol. The number of halogens is 4. The molecule has 2 aromatic rings. The van der Waals surface area contributed by atoms with E-state index in [2.05, 4.69) is 50.0 Å². The van der Waals surface area contributed by atoms with E-state index in [9.17, 15) is 0 Å². The van der Waals surface area contributed by atoms with Crippen LogP contribution < -0.4 is 11.3 Å². The van der Waals surface area contributed by atoms with Crippen molar-refractivity contribution in [3.05, 3.63) is 65.6 Å². The largest absolute Gasteiger partial charge is 0.271 e. The molecule has 0 radical (unpaired) electrons. The summed E-state index contributed by atoms with van der Waals surface area (Å²) in [5.41, 5.74) is 4.91. The van der Waals surface area contributed by atoms with Crippen molar-refractivity contribution in [1.82, 2.24) is 5.43 Å². The molecule has 0 saturated heterocycles. The zero-order chi connectivity index (χ0) is 14.7. The van der Waals surface area contributed by atoms with E-state index in [1.54, 1.807) is 6.07 Å². The van der Waals surface area contributed by atoms with Gasteiger partial charge in [-0.25, -0.2) is 0 Å². The van der Waals surface area contributed by atoms with Gasteiger partial charge in [-0.05, 0) is 64.4 Å². The number of nitrogens with two attached hydrogens (primary N) is 1. The quantitative estimate of drug-likeness (QED) is 0.359. The van der Waals surface area contributed by atoms with E-state index in [0.717, 1.165) is 19.2 Å². The van der Waals surface area contributed by atoms with E-state index in [4.69, 9.17) is 29.0 Å². The van der Waals surface area contributed by atoms with Gasteiger partial charge in [-0.1, -0.05) is 51.3 Å². The van der Waals surface area contributed by atoms with Gasteiger partial charge in [0, 0.05) is 8.04 Å². The minimum Gasteiger partial charge on any atom is -0.271 e. The van der Waals surface area contributed by atoms with Crippen molar-refractivity contribution in [3.63, 3.8) is 0 Å². The molecule has 2 nitrogen and oxygen atoms in total. The molecule has 0 aromatic heterocycles. The number of hydrazine groups is 1. The van der Waals surface area contributed by atoms with Gasteiger partial charge in [0.15, 0.2) is 0 Å². The highest BCUT2D eigenvalue weighted by Crippen LogP contribution is 2.32. The molecule has 2 aromatic carbocycles. The van der Waals surface area contributed by atoms with E-state index in [0.29, 0.717) is 16.5 Å². The SMILES string of the molecule is NNC(Cc1cccc(Cl)c1Cl)c1cc(I)ccc1Br. The van der Waals surface area contributed by atoms with Gasteiger partial charge in [0.1, 0.15) is 0 Å². The highest BCUT2D eigenvalue weighted by molar-refractivity contribution is 14.1. The second-order valence-electron chi connectivity index (χ2n) is 4.30. The fraction of sp³-hybridized carbons (Fsp3) is 0.143. The molecule has 0 aliphatic carbocycles. The summed E-state index contributed by atoms with van der Waals surface area (Å²) in [6.45, 7) is 0. The average molecular weight is 486 g/mol. The second-order valence-corrected chi connectivity index (χ2v) is 7.19. The molecule has 0 spiro atoms. The third-order valence-electron chi connectivity index (χ3n) is 2.99. The molecule has 0 aliphatic heterocycles. The molecule has 0 amide bonds. The third kappa shape index (κ3) is 3.87. The van der Waals surface area contributed by atoms with Crippen LogP contribution >= 0.6 is 61.7 Å². The van der Waals surface area contributed by atoms with Crippen LogP contribution in [0.2, 0.25) is 10.0 Å². The van der Waals surface area contributed by atoms with Crippen LogP contribution in [-0.2, 0) is 6.42 Å². The van der Waals surface area contributed by atoms with Crippen molar-refractivity contribution in [3.8, 4) is 0 Å². The van der Waals surface area contributed by atoms with E-state index >= 15 is 0 Å². The third-order valence-corrected chi connectivity index (χ3v) is 5.24. The summed E-state index contributed by atoms with van der Waals surface area (Å²) in [7, 11) is 0. The molecule has 1 atom stereocenters. The zero-order valence-corrected chi connectivity index (χ0v) is 15.6. The maximum atomic E-state index is 6.24. The minimum absolute atomic E-state index is 0.0462. The van der Waals surface area contributed by atoms with Gasteiger partial charge in [-0.15, -0.1) is 0 Å². The molecule has 0 fully saturated rings. The van der Waals surface area contributed by atoms with Crippen LogP contribution in [0, 0.1) is 3.57 Å². The Morgan fingerprint density at radius 1 is 1.25 bits per heavy atom. The number of benzene rings is 2. The second kappa shape index (κ2) is 7.42. The Hall–Kier alpha value is 0.150. The molecule has 0 heterocycles. The Morgan fingerprint density at radius 2 is 2.00 bits per heavy atom. The summed E-state index contributed by atoms with van der Waals surface area (Å²) in [5, 5.41) is 1.14. The average Bonchev–Trinajstić information content (AvgIpc) is 2.43. The molecular weight excluding hydrogens is 474 g/mol. The first kappa shape index (κ1) is 16.5. The van der Waals surface area contributed by atoms with Crippen molar-refractivity contribution < 1.29 is 0 Å². The van der Waals surface area contributed by atoms with Gasteiger partial charge in [0.2, 0.25) is 0 Å². The monoisotopic (exact) mass is 484 g/mol. The molecule has 0 aliphatic rings. The Bertz CT molecular complexity index is 622. The number of hydrogen-bond donors (Lipinski definition) is 2. The van der Waals surface area contributed by atoms with E-state index in [1.807, 2.05) is 24.3 Å². The van der Waals surface area contributed by atoms with Crippen molar-refractivity contribution in [2.45, 2.75) is 12.5 Å². The fourth-order valence-corrected chi connectivity index (χ4v) is 3.40. The maximum absolute atomic E-state index is 6.24. The van der Waals surface area contributed by atoms with Crippen molar-refractivity contribution in [2.24, 2.45) is 5.84 Å². The summed E-state index contributed by atoms with van der Waals surface area (Å²) < 4.78 is 2.16. The van der Waals surface area contributed by atoms with Gasteiger partial charge >= 0.3 is 0 Å². The summed E-state index contributed by atoms with van der Waals surface area (Å²) in [6.07, 6.45) is 0.661. The van der Waals surface area contributed by atoms with Crippen LogP contribution in [0.4, 0.5) is 0 Å². The molecular formula is C14H12BrCl2IN2. The topological polar surface area (TPSA) is 38.0 Å². The van der Waals surface area contributed by atoms with Crippen molar-refractivity contribution >= 4 is 61.7 Å². The number of hydrogen-bond acceptors (Lipinski definition) is 2. The van der Waals surface area contributed by atoms with Crippen molar-refractivity contribution in [2.75, 3.05) is 0 Å². The maximum Gasteiger partial charge on any atom is 0.0624 e. The van der Waals surface area contributed by atoms with Crippen LogP contribution in [0.25, 0.3) is 0 Å². The van der Waals surface area contributed by atoms with Gasteiger partial charge in [0.05, 0.1) is 16.1 Å². The molecule has 1 unspecified atom stereocenters. The van der Waals surface area contributed by atoms with Gasteiger partial charge in [-0.2, -0.15) is 0 Å². The number of nitrogens with one attached hydrogen (secondary N) is 1. The minimum atomic E-state index is -0.0462. The zero-order valence-electron chi connectivity index (χ0n) is 10.3. The summed E-state index contributed by atoms with van der Waals surface area (Å²) in [5.74, 6) is 5.71. The predicted octanol–water partition coefficient (Wildman–Crippen LogP) is 5.11. The number of rotatable bonds is 4. The lowest BCUT2D eigenvalue weighted by molar-refractivity contribution is 0.550. The molecule has 2 rings (SSSR count). The first-order chi connectivity index (χ1) is 9.52. The first-order valence-corrected chi connectivity index (χ1v) is 8.49. The van der Waals surface area contributed by atoms with Gasteiger partial charge in [-0.3, -0.25) is 11.3 Å². The smallest absolute Gasteiger partial charge is 0.0624 e. The van der Waals surface area contributed by atoms with Gasteiger partial charge < -0.3 is 0 Å². The molecule has 0 bridgehead atoms. The lowest BCUT2D eigenvalue weighted by Crippen LogP contribution is -2.30. The highest BCUT2D eigenvalue weighted by Gasteiger charge is 2.16. The van der Waals surface area contributed by atoms with Crippen LogP contribution in [-0.4, -0.2) is 0 Å². The van der Waals surface area contributed by atoms with Crippen LogP contribution in [0.5, 0.6) is 0 Å². The molecule has 20 heavy (non-hydrogen) atoms. The summed E-state index contributed by atoms with van der Waals surface area (Å²) >= 11 is 18.1. The Morgan fingerprint density at radius 3 is 2.70 bits per heavy atom. The molecule has 0 saturated carbocycles. The fourth-order valence-electron chi connectivity index (χ4n) is 1.97. The molecule has 6 heteroatoms. The summed E-state index contributed by atoms with van der Waals surface area (Å²) in [4.78, 5) is 0. The highest BCUT2D eigenvalue weighted by atomic mass is 127. The molecule has 3 N–H and O–H groups in total.